The Morgan fingerprint density at radius 1 is 0.879 bits per heavy atom. The standard InChI is InChI=1S/C22H25ClN3O.C5H5.Fe/c23-18-10-11-19-20(12-15-25-21(19)16-18)24-13-3-4-14-26-22(27)9-5-8-17-6-1-2-7-17;1-2-4-5-3-1;/h1-2,6-7,10-12,15-16H,3-5,8-9,13-14H2,(H,24,25)(H,26,27);1-5H;/q;;+2. The Hall–Kier alpha value is -1.29. The second kappa shape index (κ2) is 16.4. The molecular weight excluding hydrogens is 474 g/mol. The van der Waals surface area contributed by atoms with Crippen molar-refractivity contribution in [2.75, 3.05) is 18.4 Å². The summed E-state index contributed by atoms with van der Waals surface area (Å²) in [4.78, 5) is 16.2. The summed E-state index contributed by atoms with van der Waals surface area (Å²) < 4.78 is 0. The molecule has 2 saturated carbocycles. The number of amides is 1. The van der Waals surface area contributed by atoms with Crippen LogP contribution in [0.5, 0.6) is 0 Å². The molecule has 0 atom stereocenters. The second-order valence-corrected chi connectivity index (χ2v) is 8.05. The molecule has 6 heteroatoms. The van der Waals surface area contributed by atoms with E-state index in [2.05, 4.69) is 28.5 Å². The normalized spacial score (nSPS) is 15.5. The summed E-state index contributed by atoms with van der Waals surface area (Å²) in [7, 11) is 0. The van der Waals surface area contributed by atoms with Crippen LogP contribution in [-0.2, 0) is 21.9 Å². The molecule has 0 spiro atoms. The van der Waals surface area contributed by atoms with Gasteiger partial charge in [-0.3, -0.25) is 9.78 Å². The molecule has 0 saturated heterocycles. The van der Waals surface area contributed by atoms with Crippen LogP contribution in [0, 0.1) is 63.7 Å². The first-order valence-electron chi connectivity index (χ1n) is 11.1. The fraction of sp³-hybridized carbons (Fsp3) is 0.259. The van der Waals surface area contributed by atoms with Crippen molar-refractivity contribution in [2.45, 2.75) is 32.1 Å². The molecule has 0 aliphatic heterocycles. The van der Waals surface area contributed by atoms with Crippen LogP contribution in [0.3, 0.4) is 0 Å². The molecule has 1 aromatic heterocycles. The van der Waals surface area contributed by atoms with Gasteiger partial charge in [0.15, 0.2) is 0 Å². The summed E-state index contributed by atoms with van der Waals surface area (Å²) in [6.07, 6.45) is 24.5. The number of hydrogen-bond acceptors (Lipinski definition) is 3. The average Bonchev–Trinajstić information content (AvgIpc) is 3.53. The number of hydrogen-bond donors (Lipinski definition) is 2. The van der Waals surface area contributed by atoms with Crippen LogP contribution in [0.25, 0.3) is 10.9 Å². The number of anilines is 1. The summed E-state index contributed by atoms with van der Waals surface area (Å²) in [5.41, 5.74) is 1.95. The predicted octanol–water partition coefficient (Wildman–Crippen LogP) is 5.79. The van der Waals surface area contributed by atoms with E-state index in [0.717, 1.165) is 55.4 Å². The molecular formula is C27H30ClFeN3O+2. The third-order valence-corrected chi connectivity index (χ3v) is 5.34. The summed E-state index contributed by atoms with van der Waals surface area (Å²) in [5, 5.41) is 8.22. The van der Waals surface area contributed by atoms with Gasteiger partial charge in [0.2, 0.25) is 5.91 Å². The molecule has 2 fully saturated rings. The van der Waals surface area contributed by atoms with Crippen molar-refractivity contribution < 1.29 is 21.9 Å². The largest absolute Gasteiger partial charge is 2.00 e. The molecule has 4 nitrogen and oxygen atoms in total. The van der Waals surface area contributed by atoms with E-state index in [1.54, 1.807) is 6.20 Å². The van der Waals surface area contributed by atoms with Gasteiger partial charge in [0.05, 0.1) is 5.52 Å². The van der Waals surface area contributed by atoms with Gasteiger partial charge in [0, 0.05) is 41.8 Å². The zero-order valence-electron chi connectivity index (χ0n) is 18.6. The van der Waals surface area contributed by atoms with Gasteiger partial charge >= 0.3 is 17.1 Å². The molecule has 172 valence electrons. The third kappa shape index (κ3) is 10.7. The van der Waals surface area contributed by atoms with Crippen molar-refractivity contribution in [3.63, 3.8) is 0 Å². The molecule has 1 amide bonds. The van der Waals surface area contributed by atoms with Gasteiger partial charge in [-0.05, 0) is 114 Å². The first-order valence-corrected chi connectivity index (χ1v) is 11.5. The Labute approximate surface area is 215 Å². The number of nitrogens with zero attached hydrogens (tertiary/aromatic N) is 1. The minimum absolute atomic E-state index is 0. The quantitative estimate of drug-likeness (QED) is 0.319. The number of carbonyl (C=O) groups excluding carboxylic acids is 1. The summed E-state index contributed by atoms with van der Waals surface area (Å²) in [6.45, 7) is 1.58. The SMILES string of the molecule is O=C(CCC[C]1[CH][CH][CH][CH]1)NCCCCNc1ccnc2cc(Cl)ccc12.[CH]1[CH][CH][CH][CH]1.[Fe+2]. The van der Waals surface area contributed by atoms with Gasteiger partial charge in [-0.2, -0.15) is 0 Å². The van der Waals surface area contributed by atoms with Crippen molar-refractivity contribution in [3.8, 4) is 0 Å². The number of unbranched alkanes of at least 4 members (excludes halogenated alkanes) is 1. The van der Waals surface area contributed by atoms with E-state index in [1.165, 1.54) is 5.92 Å². The molecule has 2 aliphatic rings. The minimum atomic E-state index is 0. The maximum absolute atomic E-state index is 11.9. The van der Waals surface area contributed by atoms with Gasteiger partial charge in [0.1, 0.15) is 0 Å². The number of halogens is 1. The van der Waals surface area contributed by atoms with Gasteiger partial charge in [-0.1, -0.05) is 11.6 Å². The Kier molecular flexibility index (Phi) is 13.9. The summed E-state index contributed by atoms with van der Waals surface area (Å²) >= 11 is 6.02. The Bertz CT molecular complexity index is 815. The van der Waals surface area contributed by atoms with E-state index < -0.39 is 0 Å². The van der Waals surface area contributed by atoms with Crippen LogP contribution in [-0.4, -0.2) is 24.0 Å². The Balaban J connectivity index is 0.000000568. The van der Waals surface area contributed by atoms with E-state index in [-0.39, 0.29) is 23.0 Å². The first-order chi connectivity index (χ1) is 15.7. The molecule has 33 heavy (non-hydrogen) atoms. The zero-order chi connectivity index (χ0) is 22.4. The minimum Gasteiger partial charge on any atom is -0.384 e. The van der Waals surface area contributed by atoms with Crippen LogP contribution in [0.2, 0.25) is 5.02 Å². The molecule has 10 radical (unpaired) electrons. The topological polar surface area (TPSA) is 54.0 Å². The fourth-order valence-electron chi connectivity index (χ4n) is 3.42. The van der Waals surface area contributed by atoms with E-state index in [1.807, 2.05) is 69.2 Å². The fourth-order valence-corrected chi connectivity index (χ4v) is 3.59. The molecule has 0 bridgehead atoms. The maximum Gasteiger partial charge on any atom is 2.00 e. The molecule has 1 aromatic carbocycles. The van der Waals surface area contributed by atoms with Gasteiger partial charge in [0.25, 0.3) is 0 Å². The van der Waals surface area contributed by atoms with Crippen LogP contribution < -0.4 is 10.6 Å². The van der Waals surface area contributed by atoms with Gasteiger partial charge in [-0.25, -0.2) is 0 Å². The molecule has 4 rings (SSSR count). The number of benzene rings is 1. The number of carbonyl (C=O) groups is 1. The smallest absolute Gasteiger partial charge is 0.384 e. The summed E-state index contributed by atoms with van der Waals surface area (Å²) in [5.74, 6) is 1.45. The van der Waals surface area contributed by atoms with Crippen molar-refractivity contribution >= 4 is 34.1 Å². The van der Waals surface area contributed by atoms with Crippen LogP contribution >= 0.6 is 11.6 Å². The van der Waals surface area contributed by atoms with E-state index >= 15 is 0 Å². The van der Waals surface area contributed by atoms with Crippen molar-refractivity contribution in [2.24, 2.45) is 0 Å². The maximum atomic E-state index is 11.9. The van der Waals surface area contributed by atoms with Crippen molar-refractivity contribution in [3.05, 3.63) is 99.2 Å². The first kappa shape index (κ1) is 28.0. The van der Waals surface area contributed by atoms with Crippen LogP contribution in [0.4, 0.5) is 5.69 Å². The predicted molar refractivity (Wildman–Crippen MR) is 133 cm³/mol. The van der Waals surface area contributed by atoms with E-state index in [4.69, 9.17) is 11.6 Å². The van der Waals surface area contributed by atoms with Gasteiger partial charge < -0.3 is 10.6 Å². The molecule has 2 aromatic rings. The average molecular weight is 504 g/mol. The Morgan fingerprint density at radius 3 is 2.30 bits per heavy atom. The van der Waals surface area contributed by atoms with Crippen LogP contribution in [0.15, 0.2) is 30.5 Å². The Morgan fingerprint density at radius 2 is 1.58 bits per heavy atom. The zero-order valence-corrected chi connectivity index (χ0v) is 20.5. The van der Waals surface area contributed by atoms with Crippen LogP contribution in [0.1, 0.15) is 32.1 Å². The van der Waals surface area contributed by atoms with Crippen molar-refractivity contribution in [1.82, 2.24) is 10.3 Å². The second-order valence-electron chi connectivity index (χ2n) is 7.61. The number of pyridine rings is 1. The molecule has 0 unspecified atom stereocenters. The molecule has 1 heterocycles. The number of fused-ring (bicyclic) bond motifs is 1. The third-order valence-electron chi connectivity index (χ3n) is 5.10. The number of nitrogens with one attached hydrogen (secondary N) is 2. The van der Waals surface area contributed by atoms with Gasteiger partial charge in [-0.15, -0.1) is 0 Å². The molecule has 2 N–H and O–H groups in total. The van der Waals surface area contributed by atoms with E-state index in [9.17, 15) is 4.79 Å². The summed E-state index contributed by atoms with van der Waals surface area (Å²) in [6, 6.07) is 7.72. The van der Waals surface area contributed by atoms with Crippen molar-refractivity contribution in [1.29, 1.82) is 0 Å². The number of rotatable bonds is 10. The molecule has 2 aliphatic carbocycles. The number of aromatic nitrogens is 1. The monoisotopic (exact) mass is 503 g/mol. The van der Waals surface area contributed by atoms with E-state index in [0.29, 0.717) is 11.4 Å².